The number of nitrogens with one attached hydrogen (secondary N) is 2. The number of rotatable bonds is 8. The van der Waals surface area contributed by atoms with Crippen molar-refractivity contribution in [3.63, 3.8) is 0 Å². The van der Waals surface area contributed by atoms with Gasteiger partial charge in [-0.15, -0.1) is 0 Å². The lowest BCUT2D eigenvalue weighted by atomic mass is 10.0. The highest BCUT2D eigenvalue weighted by molar-refractivity contribution is 7.80. The van der Waals surface area contributed by atoms with Gasteiger partial charge in [0.2, 0.25) is 5.91 Å². The second-order valence-corrected chi connectivity index (χ2v) is 10.6. The summed E-state index contributed by atoms with van der Waals surface area (Å²) in [5, 5.41) is 18.3. The van der Waals surface area contributed by atoms with E-state index in [2.05, 4.69) is 15.6 Å². The first-order valence-electron chi connectivity index (χ1n) is 13.6. The van der Waals surface area contributed by atoms with E-state index in [0.717, 1.165) is 33.3 Å². The van der Waals surface area contributed by atoms with E-state index in [4.69, 9.17) is 16.6 Å². The summed E-state index contributed by atoms with van der Waals surface area (Å²) < 4.78 is 6.40. The third-order valence-electron chi connectivity index (χ3n) is 7.50. The van der Waals surface area contributed by atoms with Crippen LogP contribution in [0.3, 0.4) is 0 Å². The van der Waals surface area contributed by atoms with Gasteiger partial charge in [-0.25, -0.2) is 4.79 Å². The van der Waals surface area contributed by atoms with Gasteiger partial charge >= 0.3 is 5.97 Å². The normalized spacial score (nSPS) is 16.4. The molecule has 0 aliphatic carbocycles. The highest BCUT2D eigenvalue weighted by Crippen LogP contribution is 2.41. The van der Waals surface area contributed by atoms with Crippen LogP contribution in [0.25, 0.3) is 22.1 Å². The molecule has 1 aliphatic heterocycles. The summed E-state index contributed by atoms with van der Waals surface area (Å²) in [6.07, 6.45) is 1.94. The molecule has 1 amide bonds. The minimum atomic E-state index is -0.978. The molecule has 1 fully saturated rings. The van der Waals surface area contributed by atoms with E-state index in [1.165, 1.54) is 0 Å². The van der Waals surface area contributed by atoms with Crippen LogP contribution >= 0.6 is 12.2 Å². The maximum absolute atomic E-state index is 13.1. The summed E-state index contributed by atoms with van der Waals surface area (Å²) in [4.78, 5) is 31.1. The molecule has 0 bridgehead atoms. The fourth-order valence-electron chi connectivity index (χ4n) is 5.45. The number of benzene rings is 3. The highest BCUT2D eigenvalue weighted by atomic mass is 32.1. The standard InChI is InChI=1S/C33H28N4O4S/c1-20-19-22(32(39)40)12-13-23(20)27-14-15-28(41-27)31-30(26-10-4-5-17-34-26)36-33(42)37(31)18-16-29(38)35-25-11-6-8-21-7-2-3-9-24(21)25/h2-15,17,19,30-31H,16,18H2,1H3,(H,35,38)(H,36,42)(H,39,40). The summed E-state index contributed by atoms with van der Waals surface area (Å²) in [5.74, 6) is 0.173. The molecule has 2 unspecified atom stereocenters. The van der Waals surface area contributed by atoms with Gasteiger partial charge in [0.15, 0.2) is 5.11 Å². The molecule has 3 N–H and O–H groups in total. The number of thiocarbonyl (C=S) groups is 1. The molecule has 2 atom stereocenters. The Morgan fingerprint density at radius 2 is 1.83 bits per heavy atom. The van der Waals surface area contributed by atoms with E-state index < -0.39 is 5.97 Å². The lowest BCUT2D eigenvalue weighted by Crippen LogP contribution is -2.32. The van der Waals surface area contributed by atoms with Crippen LogP contribution in [0.5, 0.6) is 0 Å². The number of hydrogen-bond donors (Lipinski definition) is 3. The number of carboxylic acid groups (broad SMARTS) is 1. The number of hydrogen-bond acceptors (Lipinski definition) is 5. The van der Waals surface area contributed by atoms with Gasteiger partial charge in [-0.1, -0.05) is 48.5 Å². The van der Waals surface area contributed by atoms with Crippen LogP contribution in [0, 0.1) is 6.92 Å². The number of anilines is 1. The Bertz CT molecular complexity index is 1800. The first kappa shape index (κ1) is 27.2. The zero-order chi connectivity index (χ0) is 29.2. The fraction of sp³-hybridized carbons (Fsp3) is 0.152. The van der Waals surface area contributed by atoms with E-state index in [9.17, 15) is 14.7 Å². The largest absolute Gasteiger partial charge is 0.478 e. The summed E-state index contributed by atoms with van der Waals surface area (Å²) in [7, 11) is 0. The van der Waals surface area contributed by atoms with E-state index in [-0.39, 0.29) is 30.0 Å². The zero-order valence-electron chi connectivity index (χ0n) is 22.8. The first-order chi connectivity index (χ1) is 20.4. The topological polar surface area (TPSA) is 108 Å². The lowest BCUT2D eigenvalue weighted by Gasteiger charge is -2.26. The molecule has 9 heteroatoms. The smallest absolute Gasteiger partial charge is 0.335 e. The Labute approximate surface area is 248 Å². The zero-order valence-corrected chi connectivity index (χ0v) is 23.6. The molecular weight excluding hydrogens is 548 g/mol. The van der Waals surface area contributed by atoms with Gasteiger partial charge in [-0.3, -0.25) is 9.78 Å². The number of aryl methyl sites for hydroxylation is 1. The predicted octanol–water partition coefficient (Wildman–Crippen LogP) is 6.50. The van der Waals surface area contributed by atoms with E-state index in [0.29, 0.717) is 23.2 Å². The molecule has 3 aromatic carbocycles. The number of pyridine rings is 1. The SMILES string of the molecule is Cc1cc(C(=O)O)ccc1-c1ccc(C2C(c3ccccn3)NC(=S)N2CCC(=O)Nc2cccc3ccccc23)o1. The van der Waals surface area contributed by atoms with Gasteiger partial charge in [-0.2, -0.15) is 0 Å². The number of furan rings is 1. The van der Waals surface area contributed by atoms with Crippen LogP contribution in [0.4, 0.5) is 5.69 Å². The molecule has 0 spiro atoms. The average Bonchev–Trinajstić information content (AvgIpc) is 3.61. The summed E-state index contributed by atoms with van der Waals surface area (Å²) in [5.41, 5.74) is 3.38. The van der Waals surface area contributed by atoms with Crippen molar-refractivity contribution in [1.82, 2.24) is 15.2 Å². The average molecular weight is 577 g/mol. The molecule has 2 aromatic heterocycles. The summed E-state index contributed by atoms with van der Waals surface area (Å²) in [6.45, 7) is 2.21. The molecule has 0 radical (unpaired) electrons. The van der Waals surface area contributed by atoms with E-state index in [1.807, 2.05) is 84.6 Å². The quantitative estimate of drug-likeness (QED) is 0.180. The third kappa shape index (κ3) is 5.34. The van der Waals surface area contributed by atoms with Crippen molar-refractivity contribution in [2.45, 2.75) is 25.4 Å². The van der Waals surface area contributed by atoms with Crippen LogP contribution in [0.1, 0.15) is 45.9 Å². The Hall–Kier alpha value is -5.02. The Morgan fingerprint density at radius 1 is 1.02 bits per heavy atom. The van der Waals surface area contributed by atoms with Crippen molar-refractivity contribution < 1.29 is 19.1 Å². The number of nitrogens with zero attached hydrogens (tertiary/aromatic N) is 2. The van der Waals surface area contributed by atoms with Crippen molar-refractivity contribution in [2.24, 2.45) is 0 Å². The number of fused-ring (bicyclic) bond motifs is 1. The number of carbonyl (C=O) groups excluding carboxylic acids is 1. The van der Waals surface area contributed by atoms with Gasteiger partial charge in [0.1, 0.15) is 17.6 Å². The summed E-state index contributed by atoms with van der Waals surface area (Å²) in [6, 6.07) is 27.6. The molecule has 5 aromatic rings. The minimum Gasteiger partial charge on any atom is -0.478 e. The molecule has 3 heterocycles. The maximum Gasteiger partial charge on any atom is 0.335 e. The van der Waals surface area contributed by atoms with Gasteiger partial charge < -0.3 is 25.1 Å². The molecule has 1 aliphatic rings. The summed E-state index contributed by atoms with van der Waals surface area (Å²) >= 11 is 5.76. The molecule has 0 saturated carbocycles. The number of carboxylic acids is 1. The molecule has 210 valence electrons. The second-order valence-electron chi connectivity index (χ2n) is 10.2. The highest BCUT2D eigenvalue weighted by Gasteiger charge is 2.41. The van der Waals surface area contributed by atoms with E-state index >= 15 is 0 Å². The van der Waals surface area contributed by atoms with Crippen LogP contribution in [-0.2, 0) is 4.79 Å². The van der Waals surface area contributed by atoms with Crippen molar-refractivity contribution in [1.29, 1.82) is 0 Å². The van der Waals surface area contributed by atoms with E-state index in [1.54, 1.807) is 24.4 Å². The van der Waals surface area contributed by atoms with Crippen LogP contribution in [-0.4, -0.2) is 38.5 Å². The lowest BCUT2D eigenvalue weighted by molar-refractivity contribution is -0.116. The van der Waals surface area contributed by atoms with Crippen molar-refractivity contribution in [3.8, 4) is 11.3 Å². The third-order valence-corrected chi connectivity index (χ3v) is 7.85. The monoisotopic (exact) mass is 576 g/mol. The first-order valence-corrected chi connectivity index (χ1v) is 14.0. The predicted molar refractivity (Wildman–Crippen MR) is 165 cm³/mol. The molecule has 1 saturated heterocycles. The van der Waals surface area contributed by atoms with Gasteiger partial charge in [-0.05, 0) is 72.6 Å². The molecular formula is C33H28N4O4S. The van der Waals surface area contributed by atoms with Gasteiger partial charge in [0.05, 0.1) is 17.3 Å². The Kier molecular flexibility index (Phi) is 7.41. The number of carbonyl (C=O) groups is 2. The number of amides is 1. The van der Waals surface area contributed by atoms with Gasteiger partial charge in [0, 0.05) is 35.8 Å². The van der Waals surface area contributed by atoms with Gasteiger partial charge in [0.25, 0.3) is 0 Å². The van der Waals surface area contributed by atoms with Crippen LogP contribution in [0.15, 0.2) is 102 Å². The molecule has 42 heavy (non-hydrogen) atoms. The van der Waals surface area contributed by atoms with Crippen molar-refractivity contribution in [3.05, 3.63) is 120 Å². The maximum atomic E-state index is 13.1. The molecule has 6 rings (SSSR count). The Morgan fingerprint density at radius 3 is 2.62 bits per heavy atom. The van der Waals surface area contributed by atoms with Crippen molar-refractivity contribution >= 4 is 45.7 Å². The molecule has 8 nitrogen and oxygen atoms in total. The second kappa shape index (κ2) is 11.5. The fourth-order valence-corrected chi connectivity index (χ4v) is 5.79. The van der Waals surface area contributed by atoms with Crippen molar-refractivity contribution in [2.75, 3.05) is 11.9 Å². The number of aromatic nitrogens is 1. The Balaban J connectivity index is 1.26. The number of aromatic carboxylic acids is 1. The van der Waals surface area contributed by atoms with Crippen LogP contribution < -0.4 is 10.6 Å². The van der Waals surface area contributed by atoms with Crippen LogP contribution in [0.2, 0.25) is 0 Å². The minimum absolute atomic E-state index is 0.122.